The van der Waals surface area contributed by atoms with Crippen molar-refractivity contribution in [2.45, 2.75) is 20.0 Å². The molecule has 0 radical (unpaired) electrons. The normalized spacial score (nSPS) is 11.0. The summed E-state index contributed by atoms with van der Waals surface area (Å²) in [4.78, 5) is 14.9. The van der Waals surface area contributed by atoms with Crippen molar-refractivity contribution in [1.29, 1.82) is 0 Å². The van der Waals surface area contributed by atoms with Gasteiger partial charge >= 0.3 is 0 Å². The Kier molecular flexibility index (Phi) is 7.30. The van der Waals surface area contributed by atoms with Crippen LogP contribution in [0.4, 0.5) is 0 Å². The van der Waals surface area contributed by atoms with Gasteiger partial charge in [-0.25, -0.2) is 9.97 Å². The predicted molar refractivity (Wildman–Crippen MR) is 99.3 cm³/mol. The molecule has 2 heterocycles. The molecule has 0 aromatic carbocycles. The zero-order chi connectivity index (χ0) is 15.2. The van der Waals surface area contributed by atoms with E-state index in [0.717, 1.165) is 24.0 Å². The zero-order valence-corrected chi connectivity index (χ0v) is 15.8. The van der Waals surface area contributed by atoms with Crippen LogP contribution in [-0.4, -0.2) is 39.5 Å². The first-order chi connectivity index (χ1) is 10.1. The molecule has 0 atom stereocenters. The Morgan fingerprint density at radius 3 is 2.77 bits per heavy atom. The molecule has 2 aromatic rings. The number of rotatable bonds is 4. The lowest BCUT2D eigenvalue weighted by Gasteiger charge is -2.22. The first-order valence-electron chi connectivity index (χ1n) is 6.90. The van der Waals surface area contributed by atoms with E-state index in [0.29, 0.717) is 6.54 Å². The van der Waals surface area contributed by atoms with E-state index in [9.17, 15) is 0 Å². The van der Waals surface area contributed by atoms with Crippen LogP contribution in [0.15, 0.2) is 35.6 Å². The van der Waals surface area contributed by atoms with Crippen molar-refractivity contribution in [3.05, 3.63) is 47.8 Å². The topological polar surface area (TPSA) is 58.3 Å². The molecule has 0 aliphatic rings. The number of nitrogens with zero attached hydrogens (tertiary/aromatic N) is 5. The van der Waals surface area contributed by atoms with Gasteiger partial charge in [0, 0.05) is 39.2 Å². The number of hydrogen-bond donors (Lipinski definition) is 1. The molecule has 0 saturated heterocycles. The van der Waals surface area contributed by atoms with Gasteiger partial charge < -0.3 is 14.8 Å². The van der Waals surface area contributed by atoms with Crippen LogP contribution in [0.3, 0.4) is 0 Å². The first kappa shape index (κ1) is 18.4. The molecular weight excluding hydrogens is 391 g/mol. The van der Waals surface area contributed by atoms with Crippen molar-refractivity contribution in [1.82, 2.24) is 24.8 Å². The van der Waals surface area contributed by atoms with E-state index in [4.69, 9.17) is 0 Å². The second-order valence-corrected chi connectivity index (χ2v) is 4.96. The molecule has 0 amide bonds. The fourth-order valence-corrected chi connectivity index (χ4v) is 2.14. The maximum absolute atomic E-state index is 4.38. The van der Waals surface area contributed by atoms with Gasteiger partial charge in [-0.1, -0.05) is 0 Å². The highest BCUT2D eigenvalue weighted by atomic mass is 127. The minimum Gasteiger partial charge on any atom is -0.353 e. The van der Waals surface area contributed by atoms with Gasteiger partial charge in [0.05, 0.1) is 18.8 Å². The fraction of sp³-hybridized carbons (Fsp3) is 0.400. The molecule has 0 bridgehead atoms. The third-order valence-electron chi connectivity index (χ3n) is 3.29. The Hall–Kier alpha value is -1.64. The second kappa shape index (κ2) is 8.72. The van der Waals surface area contributed by atoms with Crippen LogP contribution in [-0.2, 0) is 20.1 Å². The van der Waals surface area contributed by atoms with Crippen LogP contribution in [0.5, 0.6) is 0 Å². The minimum atomic E-state index is 0. The third kappa shape index (κ3) is 4.97. The molecule has 2 rings (SSSR count). The predicted octanol–water partition coefficient (Wildman–Crippen LogP) is 1.95. The van der Waals surface area contributed by atoms with Crippen LogP contribution >= 0.6 is 24.0 Å². The lowest BCUT2D eigenvalue weighted by Crippen LogP contribution is -2.38. The Labute approximate surface area is 148 Å². The molecular formula is C15H23IN6. The van der Waals surface area contributed by atoms with Crippen molar-refractivity contribution < 1.29 is 0 Å². The van der Waals surface area contributed by atoms with Crippen LogP contribution in [0.2, 0.25) is 0 Å². The number of guanidine groups is 1. The number of aliphatic imine (C=N–C) groups is 1. The van der Waals surface area contributed by atoms with Crippen molar-refractivity contribution in [2.24, 2.45) is 12.0 Å². The maximum atomic E-state index is 4.38. The average Bonchev–Trinajstić information content (AvgIpc) is 2.85. The van der Waals surface area contributed by atoms with Gasteiger partial charge in [0.25, 0.3) is 0 Å². The molecule has 0 spiro atoms. The summed E-state index contributed by atoms with van der Waals surface area (Å²) in [6.07, 6.45) is 3.82. The number of nitrogens with one attached hydrogen (secondary N) is 1. The number of aromatic nitrogens is 3. The second-order valence-electron chi connectivity index (χ2n) is 4.96. The summed E-state index contributed by atoms with van der Waals surface area (Å²) in [5, 5.41) is 3.32. The summed E-state index contributed by atoms with van der Waals surface area (Å²) in [7, 11) is 5.85. The highest BCUT2D eigenvalue weighted by molar-refractivity contribution is 14.0. The quantitative estimate of drug-likeness (QED) is 0.472. The molecule has 22 heavy (non-hydrogen) atoms. The zero-order valence-electron chi connectivity index (χ0n) is 13.4. The van der Waals surface area contributed by atoms with E-state index >= 15 is 0 Å². The molecule has 7 heteroatoms. The van der Waals surface area contributed by atoms with Crippen LogP contribution < -0.4 is 5.32 Å². The van der Waals surface area contributed by atoms with E-state index in [2.05, 4.69) is 35.8 Å². The molecule has 1 N–H and O–H groups in total. The smallest absolute Gasteiger partial charge is 0.194 e. The molecule has 0 saturated carbocycles. The standard InChI is InChI=1S/C15H22N6.HI/c1-12-17-8-7-13(19-12)10-18-15(16-2)21(4)11-14-6-5-9-20(14)3;/h5-9H,10-11H2,1-4H3,(H,16,18);1H. The first-order valence-corrected chi connectivity index (χ1v) is 6.90. The Bertz CT molecular complexity index is 622. The number of hydrogen-bond acceptors (Lipinski definition) is 3. The Balaban J connectivity index is 0.00000242. The van der Waals surface area contributed by atoms with Crippen molar-refractivity contribution >= 4 is 29.9 Å². The molecule has 0 unspecified atom stereocenters. The Morgan fingerprint density at radius 1 is 1.41 bits per heavy atom. The van der Waals surface area contributed by atoms with Gasteiger partial charge in [-0.15, -0.1) is 24.0 Å². The van der Waals surface area contributed by atoms with Crippen LogP contribution in [0, 0.1) is 6.92 Å². The van der Waals surface area contributed by atoms with E-state index in [1.807, 2.05) is 39.3 Å². The largest absolute Gasteiger partial charge is 0.353 e. The van der Waals surface area contributed by atoms with Gasteiger partial charge in [0.15, 0.2) is 5.96 Å². The van der Waals surface area contributed by atoms with Gasteiger partial charge in [0.1, 0.15) is 5.82 Å². The van der Waals surface area contributed by atoms with Gasteiger partial charge in [0.2, 0.25) is 0 Å². The number of halogens is 1. The SMILES string of the molecule is CN=C(NCc1ccnc(C)n1)N(C)Cc1cccn1C.I. The minimum absolute atomic E-state index is 0. The maximum Gasteiger partial charge on any atom is 0.194 e. The highest BCUT2D eigenvalue weighted by Gasteiger charge is 2.08. The summed E-state index contributed by atoms with van der Waals surface area (Å²) < 4.78 is 2.11. The van der Waals surface area contributed by atoms with E-state index in [1.54, 1.807) is 13.2 Å². The van der Waals surface area contributed by atoms with Crippen molar-refractivity contribution in [3.63, 3.8) is 0 Å². The van der Waals surface area contributed by atoms with Gasteiger partial charge in [-0.2, -0.15) is 0 Å². The molecule has 2 aromatic heterocycles. The van der Waals surface area contributed by atoms with Crippen molar-refractivity contribution in [3.8, 4) is 0 Å². The highest BCUT2D eigenvalue weighted by Crippen LogP contribution is 2.04. The van der Waals surface area contributed by atoms with E-state index < -0.39 is 0 Å². The fourth-order valence-electron chi connectivity index (χ4n) is 2.14. The lowest BCUT2D eigenvalue weighted by atomic mass is 10.4. The summed E-state index contributed by atoms with van der Waals surface area (Å²) >= 11 is 0. The van der Waals surface area contributed by atoms with Gasteiger partial charge in [-0.3, -0.25) is 4.99 Å². The van der Waals surface area contributed by atoms with Gasteiger partial charge in [-0.05, 0) is 25.1 Å². The van der Waals surface area contributed by atoms with E-state index in [1.165, 1.54) is 5.69 Å². The summed E-state index contributed by atoms with van der Waals surface area (Å²) in [6.45, 7) is 3.32. The molecule has 6 nitrogen and oxygen atoms in total. The number of aryl methyl sites for hydroxylation is 2. The van der Waals surface area contributed by atoms with Crippen molar-refractivity contribution in [2.75, 3.05) is 14.1 Å². The third-order valence-corrected chi connectivity index (χ3v) is 3.29. The monoisotopic (exact) mass is 414 g/mol. The molecule has 120 valence electrons. The van der Waals surface area contributed by atoms with Crippen LogP contribution in [0.1, 0.15) is 17.2 Å². The lowest BCUT2D eigenvalue weighted by molar-refractivity contribution is 0.461. The Morgan fingerprint density at radius 2 is 2.18 bits per heavy atom. The van der Waals surface area contributed by atoms with Crippen LogP contribution in [0.25, 0.3) is 0 Å². The molecule has 0 fully saturated rings. The summed E-state index contributed by atoms with van der Waals surface area (Å²) in [5.41, 5.74) is 2.19. The van der Waals surface area contributed by atoms with E-state index in [-0.39, 0.29) is 24.0 Å². The average molecular weight is 414 g/mol. The summed E-state index contributed by atoms with van der Waals surface area (Å²) in [5.74, 6) is 1.62. The summed E-state index contributed by atoms with van der Waals surface area (Å²) in [6, 6.07) is 6.06. The molecule has 0 aliphatic heterocycles. The molecule has 0 aliphatic carbocycles.